The van der Waals surface area contributed by atoms with E-state index in [4.69, 9.17) is 0 Å². The minimum atomic E-state index is -0.0328. The number of rotatable bonds is 5. The topological polar surface area (TPSA) is 46.9 Å². The summed E-state index contributed by atoms with van der Waals surface area (Å²) in [5.74, 6) is -0.0328. The summed E-state index contributed by atoms with van der Waals surface area (Å²) >= 11 is 1.45. The number of nitrogens with zero attached hydrogens (tertiary/aromatic N) is 2. The zero-order valence-corrected chi connectivity index (χ0v) is 14.1. The van der Waals surface area contributed by atoms with Crippen LogP contribution in [-0.2, 0) is 13.1 Å². The standard InChI is InChI=1S/C18H19N3OS/c1-13-16(11-19-18(22)17-9-6-10-23-17)14(2)21(20-13)12-15-7-4-3-5-8-15/h3-10H,11-12H2,1-2H3,(H,19,22). The molecule has 4 nitrogen and oxygen atoms in total. The second kappa shape index (κ2) is 6.79. The number of benzene rings is 1. The van der Waals surface area contributed by atoms with Gasteiger partial charge in [0, 0.05) is 17.8 Å². The first-order valence-electron chi connectivity index (χ1n) is 7.53. The monoisotopic (exact) mass is 325 g/mol. The van der Waals surface area contributed by atoms with Gasteiger partial charge in [-0.3, -0.25) is 9.48 Å². The van der Waals surface area contributed by atoms with Crippen molar-refractivity contribution in [2.75, 3.05) is 0 Å². The van der Waals surface area contributed by atoms with Gasteiger partial charge in [0.1, 0.15) is 0 Å². The van der Waals surface area contributed by atoms with Gasteiger partial charge < -0.3 is 5.32 Å². The summed E-state index contributed by atoms with van der Waals surface area (Å²) < 4.78 is 2.00. The summed E-state index contributed by atoms with van der Waals surface area (Å²) in [7, 11) is 0. The highest BCUT2D eigenvalue weighted by Crippen LogP contribution is 2.15. The lowest BCUT2D eigenvalue weighted by Crippen LogP contribution is -2.22. The van der Waals surface area contributed by atoms with Crippen molar-refractivity contribution in [1.29, 1.82) is 0 Å². The fraction of sp³-hybridized carbons (Fsp3) is 0.222. The Morgan fingerprint density at radius 1 is 1.17 bits per heavy atom. The average molecular weight is 325 g/mol. The van der Waals surface area contributed by atoms with Crippen LogP contribution in [0.4, 0.5) is 0 Å². The van der Waals surface area contributed by atoms with E-state index in [9.17, 15) is 4.79 Å². The Morgan fingerprint density at radius 2 is 1.96 bits per heavy atom. The van der Waals surface area contributed by atoms with Gasteiger partial charge in [0.25, 0.3) is 5.91 Å². The number of amides is 1. The largest absolute Gasteiger partial charge is 0.347 e. The number of thiophene rings is 1. The molecule has 0 aliphatic carbocycles. The molecule has 0 saturated carbocycles. The van der Waals surface area contributed by atoms with Crippen molar-refractivity contribution in [2.24, 2.45) is 0 Å². The zero-order valence-electron chi connectivity index (χ0n) is 13.2. The average Bonchev–Trinajstić information content (AvgIpc) is 3.17. The highest BCUT2D eigenvalue weighted by atomic mass is 32.1. The normalized spacial score (nSPS) is 10.7. The van der Waals surface area contributed by atoms with Crippen LogP contribution in [0.25, 0.3) is 0 Å². The molecule has 1 amide bonds. The molecule has 2 aromatic heterocycles. The molecule has 0 unspecified atom stereocenters. The quantitative estimate of drug-likeness (QED) is 0.780. The van der Waals surface area contributed by atoms with E-state index >= 15 is 0 Å². The molecule has 23 heavy (non-hydrogen) atoms. The Balaban J connectivity index is 1.72. The van der Waals surface area contributed by atoms with Crippen LogP contribution < -0.4 is 5.32 Å². The second-order valence-corrected chi connectivity index (χ2v) is 6.40. The number of carbonyl (C=O) groups excluding carboxylic acids is 1. The maximum Gasteiger partial charge on any atom is 0.261 e. The van der Waals surface area contributed by atoms with Crippen LogP contribution in [0.5, 0.6) is 0 Å². The molecule has 3 aromatic rings. The van der Waals surface area contributed by atoms with E-state index in [2.05, 4.69) is 29.5 Å². The predicted octanol–water partition coefficient (Wildman–Crippen LogP) is 3.54. The van der Waals surface area contributed by atoms with Crippen LogP contribution >= 0.6 is 11.3 Å². The molecule has 118 valence electrons. The Labute approximate surface area is 139 Å². The minimum Gasteiger partial charge on any atom is -0.347 e. The molecule has 0 spiro atoms. The Morgan fingerprint density at radius 3 is 2.65 bits per heavy atom. The van der Waals surface area contributed by atoms with Crippen molar-refractivity contribution in [2.45, 2.75) is 26.9 Å². The molecule has 5 heteroatoms. The Bertz CT molecular complexity index is 791. The summed E-state index contributed by atoms with van der Waals surface area (Å²) in [4.78, 5) is 12.8. The number of hydrogen-bond donors (Lipinski definition) is 1. The lowest BCUT2D eigenvalue weighted by Gasteiger charge is -2.07. The SMILES string of the molecule is Cc1nn(Cc2ccccc2)c(C)c1CNC(=O)c1cccs1. The van der Waals surface area contributed by atoms with Crippen LogP contribution in [0.2, 0.25) is 0 Å². The maximum absolute atomic E-state index is 12.1. The summed E-state index contributed by atoms with van der Waals surface area (Å²) in [6, 6.07) is 14.0. The van der Waals surface area contributed by atoms with E-state index in [0.717, 1.165) is 28.4 Å². The van der Waals surface area contributed by atoms with Crippen LogP contribution in [0, 0.1) is 13.8 Å². The smallest absolute Gasteiger partial charge is 0.261 e. The molecule has 2 heterocycles. The molecule has 3 rings (SSSR count). The third-order valence-electron chi connectivity index (χ3n) is 3.88. The van der Waals surface area contributed by atoms with Crippen LogP contribution in [0.1, 0.15) is 32.2 Å². The maximum atomic E-state index is 12.1. The fourth-order valence-electron chi connectivity index (χ4n) is 2.56. The van der Waals surface area contributed by atoms with Gasteiger partial charge in [-0.2, -0.15) is 5.10 Å². The van der Waals surface area contributed by atoms with Crippen molar-refractivity contribution < 1.29 is 4.79 Å². The summed E-state index contributed by atoms with van der Waals surface area (Å²) in [5, 5.41) is 9.50. The molecule has 0 saturated heterocycles. The van der Waals surface area contributed by atoms with Crippen molar-refractivity contribution in [3.8, 4) is 0 Å². The van der Waals surface area contributed by atoms with Crippen molar-refractivity contribution in [3.63, 3.8) is 0 Å². The third kappa shape index (κ3) is 3.51. The van der Waals surface area contributed by atoms with Crippen molar-refractivity contribution >= 4 is 17.2 Å². The number of hydrogen-bond acceptors (Lipinski definition) is 3. The van der Waals surface area contributed by atoms with Gasteiger partial charge in [-0.15, -0.1) is 11.3 Å². The molecule has 1 N–H and O–H groups in total. The highest BCUT2D eigenvalue weighted by Gasteiger charge is 2.13. The molecule has 0 bridgehead atoms. The molecular weight excluding hydrogens is 306 g/mol. The van der Waals surface area contributed by atoms with Gasteiger partial charge in [-0.25, -0.2) is 0 Å². The van der Waals surface area contributed by atoms with Crippen LogP contribution in [0.15, 0.2) is 47.8 Å². The molecule has 0 aliphatic heterocycles. The Kier molecular flexibility index (Phi) is 4.57. The molecule has 1 aromatic carbocycles. The summed E-state index contributed by atoms with van der Waals surface area (Å²) in [6.07, 6.45) is 0. The molecule has 0 aliphatic rings. The fourth-order valence-corrected chi connectivity index (χ4v) is 3.20. The van der Waals surface area contributed by atoms with Gasteiger partial charge in [0.15, 0.2) is 0 Å². The summed E-state index contributed by atoms with van der Waals surface area (Å²) in [5.41, 5.74) is 4.36. The predicted molar refractivity (Wildman–Crippen MR) is 92.7 cm³/mol. The van der Waals surface area contributed by atoms with E-state index < -0.39 is 0 Å². The number of nitrogens with one attached hydrogen (secondary N) is 1. The van der Waals surface area contributed by atoms with Gasteiger partial charge in [-0.05, 0) is 30.9 Å². The molecule has 0 atom stereocenters. The van der Waals surface area contributed by atoms with Crippen molar-refractivity contribution in [3.05, 3.63) is 75.2 Å². The van der Waals surface area contributed by atoms with Gasteiger partial charge >= 0.3 is 0 Å². The minimum absolute atomic E-state index is 0.0328. The van der Waals surface area contributed by atoms with Crippen molar-refractivity contribution in [1.82, 2.24) is 15.1 Å². The second-order valence-electron chi connectivity index (χ2n) is 5.45. The summed E-state index contributed by atoms with van der Waals surface area (Å²) in [6.45, 7) is 5.28. The van der Waals surface area contributed by atoms with Gasteiger partial charge in [0.2, 0.25) is 0 Å². The van der Waals surface area contributed by atoms with Crippen LogP contribution in [0.3, 0.4) is 0 Å². The zero-order chi connectivity index (χ0) is 16.2. The molecule has 0 fully saturated rings. The number of aryl methyl sites for hydroxylation is 1. The lowest BCUT2D eigenvalue weighted by molar-refractivity contribution is 0.0955. The lowest BCUT2D eigenvalue weighted by atomic mass is 10.2. The van der Waals surface area contributed by atoms with E-state index in [1.54, 1.807) is 0 Å². The Hall–Kier alpha value is -2.40. The van der Waals surface area contributed by atoms with E-state index in [0.29, 0.717) is 6.54 Å². The number of aromatic nitrogens is 2. The van der Waals surface area contributed by atoms with Gasteiger partial charge in [0.05, 0.1) is 17.1 Å². The first-order chi connectivity index (χ1) is 11.1. The van der Waals surface area contributed by atoms with E-state index in [-0.39, 0.29) is 5.91 Å². The highest BCUT2D eigenvalue weighted by molar-refractivity contribution is 7.12. The van der Waals surface area contributed by atoms with E-state index in [1.807, 2.05) is 47.3 Å². The van der Waals surface area contributed by atoms with Gasteiger partial charge in [-0.1, -0.05) is 36.4 Å². The molecule has 0 radical (unpaired) electrons. The first kappa shape index (κ1) is 15.5. The van der Waals surface area contributed by atoms with E-state index in [1.165, 1.54) is 16.9 Å². The number of carbonyl (C=O) groups is 1. The van der Waals surface area contributed by atoms with Crippen LogP contribution in [-0.4, -0.2) is 15.7 Å². The first-order valence-corrected chi connectivity index (χ1v) is 8.41. The third-order valence-corrected chi connectivity index (χ3v) is 4.75. The molecular formula is C18H19N3OS.